The number of aryl methyl sites for hydroxylation is 1. The normalized spacial score (nSPS) is 18.5. The third kappa shape index (κ3) is 7.02. The molecule has 4 rings (SSSR count). The van der Waals surface area contributed by atoms with Gasteiger partial charge in [0.05, 0.1) is 10.5 Å². The van der Waals surface area contributed by atoms with Gasteiger partial charge in [0.2, 0.25) is 20.0 Å². The van der Waals surface area contributed by atoms with Crippen molar-refractivity contribution in [2.75, 3.05) is 19.6 Å². The number of carbonyl (C=O) groups is 1. The predicted octanol–water partition coefficient (Wildman–Crippen LogP) is 3.57. The van der Waals surface area contributed by atoms with E-state index in [0.29, 0.717) is 5.56 Å². The van der Waals surface area contributed by atoms with Crippen molar-refractivity contribution in [2.45, 2.75) is 42.6 Å². The van der Waals surface area contributed by atoms with Crippen LogP contribution in [0.2, 0.25) is 0 Å². The monoisotopic (exact) mass is 638 g/mol. The molecule has 2 aromatic carbocycles. The number of rotatable bonds is 7. The molecule has 0 unspecified atom stereocenters. The zero-order valence-electron chi connectivity index (χ0n) is 21.8. The summed E-state index contributed by atoms with van der Waals surface area (Å²) >= 11 is 0. The van der Waals surface area contributed by atoms with Gasteiger partial charge in [0, 0.05) is 24.1 Å². The van der Waals surface area contributed by atoms with Crippen LogP contribution < -0.4 is 10.0 Å². The summed E-state index contributed by atoms with van der Waals surface area (Å²) in [5, 5.41) is 3.39. The number of carbonyl (C=O) groups excluding carboxylic acids is 1. The summed E-state index contributed by atoms with van der Waals surface area (Å²) in [6.45, 7) is -0.510. The molecule has 1 spiro atoms. The predicted molar refractivity (Wildman–Crippen MR) is 140 cm³/mol. The molecule has 0 radical (unpaired) electrons. The molecule has 228 valence electrons. The Morgan fingerprint density at radius 3 is 2.29 bits per heavy atom. The second kappa shape index (κ2) is 11.1. The van der Waals surface area contributed by atoms with Crippen LogP contribution in [0.3, 0.4) is 0 Å². The Kier molecular flexibility index (Phi) is 8.36. The molecule has 9 nitrogen and oxygen atoms in total. The zero-order chi connectivity index (χ0) is 31.1. The van der Waals surface area contributed by atoms with Crippen molar-refractivity contribution in [3.63, 3.8) is 0 Å². The topological polar surface area (TPSA) is 125 Å². The Morgan fingerprint density at radius 1 is 1.02 bits per heavy atom. The van der Waals surface area contributed by atoms with Crippen LogP contribution in [-0.2, 0) is 31.0 Å². The van der Waals surface area contributed by atoms with E-state index in [0.717, 1.165) is 34.0 Å². The Labute approximate surface area is 237 Å². The number of nitrogens with zero attached hydrogens (tertiary/aromatic N) is 2. The van der Waals surface area contributed by atoms with Crippen molar-refractivity contribution in [1.29, 1.82) is 0 Å². The molecule has 1 fully saturated rings. The molecular formula is C25H24F6N4O5S2. The number of benzene rings is 2. The Balaban J connectivity index is 1.45. The van der Waals surface area contributed by atoms with Gasteiger partial charge in [-0.25, -0.2) is 21.6 Å². The molecule has 2 heterocycles. The van der Waals surface area contributed by atoms with E-state index in [4.69, 9.17) is 0 Å². The molecular weight excluding hydrogens is 614 g/mol. The molecule has 0 aliphatic carbocycles. The molecule has 0 aromatic heterocycles. The Bertz CT molecular complexity index is 1660. The van der Waals surface area contributed by atoms with E-state index in [-0.39, 0.29) is 42.9 Å². The van der Waals surface area contributed by atoms with Gasteiger partial charge in [-0.1, -0.05) is 18.2 Å². The first-order valence-corrected chi connectivity index (χ1v) is 15.2. The number of amides is 1. The quantitative estimate of drug-likeness (QED) is 0.449. The second-order valence-corrected chi connectivity index (χ2v) is 13.3. The summed E-state index contributed by atoms with van der Waals surface area (Å²) in [6, 6.07) is 7.73. The summed E-state index contributed by atoms with van der Waals surface area (Å²) < 4.78 is 129. The molecule has 1 saturated heterocycles. The minimum Gasteiger partial charge on any atom is -0.308 e. The molecule has 2 aliphatic rings. The summed E-state index contributed by atoms with van der Waals surface area (Å²) in [7, 11) is -8.47. The van der Waals surface area contributed by atoms with Gasteiger partial charge in [-0.15, -0.1) is 0 Å². The Hall–Kier alpha value is -3.28. The molecule has 0 saturated carbocycles. The maximum absolute atomic E-state index is 13.1. The van der Waals surface area contributed by atoms with E-state index in [2.05, 4.69) is 10.3 Å². The fourth-order valence-corrected chi connectivity index (χ4v) is 6.74. The van der Waals surface area contributed by atoms with Gasteiger partial charge in [-0.3, -0.25) is 9.79 Å². The lowest BCUT2D eigenvalue weighted by Crippen LogP contribution is -2.50. The first-order valence-electron chi connectivity index (χ1n) is 12.3. The summed E-state index contributed by atoms with van der Waals surface area (Å²) in [6.07, 6.45) is -8.17. The highest BCUT2D eigenvalue weighted by atomic mass is 32.2. The lowest BCUT2D eigenvalue weighted by molar-refractivity contribution is -0.137. The number of nitrogens with one attached hydrogen (secondary N) is 2. The van der Waals surface area contributed by atoms with Gasteiger partial charge in [-0.05, 0) is 61.2 Å². The van der Waals surface area contributed by atoms with Gasteiger partial charge < -0.3 is 5.32 Å². The van der Waals surface area contributed by atoms with Crippen LogP contribution in [0.25, 0.3) is 6.08 Å². The SMILES string of the molecule is Cc1cc(S(=O)(=O)NCC(F)(F)F)ccc1C=CS(=O)(=O)N1CCC2(CC1)N=C(c1cccc(C(F)(F)F)c1)NC2=O. The Morgan fingerprint density at radius 2 is 1.69 bits per heavy atom. The summed E-state index contributed by atoms with van der Waals surface area (Å²) in [4.78, 5) is 16.7. The van der Waals surface area contributed by atoms with Crippen LogP contribution in [-0.4, -0.2) is 64.2 Å². The van der Waals surface area contributed by atoms with Crippen molar-refractivity contribution in [3.8, 4) is 0 Å². The average molecular weight is 639 g/mol. The van der Waals surface area contributed by atoms with Crippen molar-refractivity contribution >= 4 is 37.9 Å². The molecule has 1 amide bonds. The molecule has 2 aliphatic heterocycles. The van der Waals surface area contributed by atoms with Crippen LogP contribution in [0.1, 0.15) is 35.1 Å². The van der Waals surface area contributed by atoms with E-state index in [1.165, 1.54) is 35.9 Å². The van der Waals surface area contributed by atoms with Crippen LogP contribution >= 0.6 is 0 Å². The summed E-state index contributed by atoms with van der Waals surface area (Å²) in [5.74, 6) is -0.574. The number of hydrogen-bond donors (Lipinski definition) is 2. The number of halogens is 6. The zero-order valence-corrected chi connectivity index (χ0v) is 23.4. The van der Waals surface area contributed by atoms with Crippen LogP contribution in [0.15, 0.2) is 57.8 Å². The number of alkyl halides is 6. The smallest absolute Gasteiger partial charge is 0.308 e. The minimum atomic E-state index is -4.74. The molecule has 2 aromatic rings. The average Bonchev–Trinajstić information content (AvgIpc) is 3.21. The highest BCUT2D eigenvalue weighted by molar-refractivity contribution is 7.92. The largest absolute Gasteiger partial charge is 0.416 e. The van der Waals surface area contributed by atoms with E-state index in [1.54, 1.807) is 0 Å². The van der Waals surface area contributed by atoms with Gasteiger partial charge in [0.1, 0.15) is 17.9 Å². The number of aliphatic imine (C=N–C) groups is 1. The number of piperidine rings is 1. The van der Waals surface area contributed by atoms with Crippen molar-refractivity contribution in [2.24, 2.45) is 4.99 Å². The lowest BCUT2D eigenvalue weighted by Gasteiger charge is -2.34. The fraction of sp³-hybridized carbons (Fsp3) is 0.360. The highest BCUT2D eigenvalue weighted by Crippen LogP contribution is 2.34. The highest BCUT2D eigenvalue weighted by Gasteiger charge is 2.47. The number of hydrogen-bond acceptors (Lipinski definition) is 6. The van der Waals surface area contributed by atoms with Gasteiger partial charge >= 0.3 is 12.4 Å². The van der Waals surface area contributed by atoms with E-state index >= 15 is 0 Å². The van der Waals surface area contributed by atoms with Crippen LogP contribution in [0, 0.1) is 6.92 Å². The van der Waals surface area contributed by atoms with E-state index in [1.807, 2.05) is 0 Å². The standard InChI is InChI=1S/C25H24F6N4O5S2/c1-16-13-20(42(39,40)32-15-24(26,27)28)6-5-17(16)7-12-41(37,38)35-10-8-23(9-11-35)22(36)33-21(34-23)18-3-2-4-19(14-18)25(29,30)31/h2-7,12-14,32H,8-11,15H2,1H3,(H,33,34,36). The molecule has 2 N–H and O–H groups in total. The maximum Gasteiger partial charge on any atom is 0.416 e. The van der Waals surface area contributed by atoms with Gasteiger partial charge in [-0.2, -0.15) is 30.6 Å². The fourth-order valence-electron chi connectivity index (χ4n) is 4.45. The summed E-state index contributed by atoms with van der Waals surface area (Å²) in [5.41, 5.74) is -1.59. The number of amidine groups is 1. The van der Waals surface area contributed by atoms with Gasteiger partial charge in [0.15, 0.2) is 0 Å². The third-order valence-corrected chi connectivity index (χ3v) is 9.75. The maximum atomic E-state index is 13.1. The third-order valence-electron chi connectivity index (χ3n) is 6.79. The first-order chi connectivity index (χ1) is 19.3. The van der Waals surface area contributed by atoms with Gasteiger partial charge in [0.25, 0.3) is 5.91 Å². The van der Waals surface area contributed by atoms with Crippen molar-refractivity contribution in [1.82, 2.24) is 14.3 Å². The van der Waals surface area contributed by atoms with E-state index in [9.17, 15) is 48.0 Å². The molecule has 0 atom stereocenters. The second-order valence-electron chi connectivity index (χ2n) is 9.73. The van der Waals surface area contributed by atoms with Crippen LogP contribution in [0.4, 0.5) is 26.3 Å². The molecule has 0 bridgehead atoms. The van der Waals surface area contributed by atoms with Crippen molar-refractivity contribution < 1.29 is 48.0 Å². The lowest BCUT2D eigenvalue weighted by atomic mass is 9.89. The molecule has 17 heteroatoms. The minimum absolute atomic E-state index is 0.0229. The number of sulfonamides is 2. The molecule has 42 heavy (non-hydrogen) atoms. The van der Waals surface area contributed by atoms with E-state index < -0.39 is 60.8 Å². The van der Waals surface area contributed by atoms with Crippen LogP contribution in [0.5, 0.6) is 0 Å². The first kappa shape index (κ1) is 31.7. The van der Waals surface area contributed by atoms with Crippen molar-refractivity contribution in [3.05, 3.63) is 70.1 Å².